The number of aromatic nitrogens is 1. The molecule has 0 spiro atoms. The van der Waals surface area contributed by atoms with Crippen LogP contribution in [0.5, 0.6) is 5.75 Å². The van der Waals surface area contributed by atoms with Gasteiger partial charge in [0.1, 0.15) is 5.75 Å². The highest BCUT2D eigenvalue weighted by atomic mass is 32.1. The van der Waals surface area contributed by atoms with E-state index in [1.807, 2.05) is 24.4 Å². The second-order valence-corrected chi connectivity index (χ2v) is 6.60. The van der Waals surface area contributed by atoms with Gasteiger partial charge in [0.2, 0.25) is 0 Å². The van der Waals surface area contributed by atoms with Gasteiger partial charge in [0.15, 0.2) is 5.13 Å². The number of para-hydroxylation sites is 1. The molecule has 0 aliphatic carbocycles. The lowest BCUT2D eigenvalue weighted by Crippen LogP contribution is -2.13. The fourth-order valence-corrected chi connectivity index (χ4v) is 3.36. The van der Waals surface area contributed by atoms with E-state index in [1.165, 1.54) is 22.5 Å². The van der Waals surface area contributed by atoms with Gasteiger partial charge in [0, 0.05) is 10.9 Å². The first-order valence-electron chi connectivity index (χ1n) is 8.15. The Kier molecular flexibility index (Phi) is 5.14. The van der Waals surface area contributed by atoms with Crippen molar-refractivity contribution in [3.8, 4) is 17.0 Å². The van der Waals surface area contributed by atoms with E-state index < -0.39 is 0 Å². The summed E-state index contributed by atoms with van der Waals surface area (Å²) in [7, 11) is 0. The predicted molar refractivity (Wildman–Crippen MR) is 103 cm³/mol. The number of ether oxygens (including phenoxy) is 1. The minimum absolute atomic E-state index is 0.217. The molecule has 1 N–H and O–H groups in total. The summed E-state index contributed by atoms with van der Waals surface area (Å²) >= 11 is 1.42. The van der Waals surface area contributed by atoms with Crippen LogP contribution in [-0.4, -0.2) is 17.5 Å². The fraction of sp³-hybridized carbons (Fsp3) is 0.200. The summed E-state index contributed by atoms with van der Waals surface area (Å²) in [5, 5.41) is 5.40. The van der Waals surface area contributed by atoms with Crippen molar-refractivity contribution in [3.63, 3.8) is 0 Å². The van der Waals surface area contributed by atoms with Crippen LogP contribution in [0.1, 0.15) is 28.4 Å². The molecule has 0 radical (unpaired) electrons. The number of anilines is 1. The Morgan fingerprint density at radius 3 is 2.76 bits per heavy atom. The monoisotopic (exact) mass is 352 g/mol. The molecule has 0 aliphatic heterocycles. The molecule has 0 bridgehead atoms. The van der Waals surface area contributed by atoms with Gasteiger partial charge < -0.3 is 4.74 Å². The number of aryl methyl sites for hydroxylation is 2. The molecule has 0 saturated heterocycles. The number of hydrogen-bond donors (Lipinski definition) is 1. The van der Waals surface area contributed by atoms with Gasteiger partial charge in [-0.15, -0.1) is 11.3 Å². The van der Waals surface area contributed by atoms with Crippen LogP contribution in [0.2, 0.25) is 0 Å². The van der Waals surface area contributed by atoms with Crippen LogP contribution >= 0.6 is 11.3 Å². The lowest BCUT2D eigenvalue weighted by atomic mass is 10.0. The van der Waals surface area contributed by atoms with Crippen molar-refractivity contribution < 1.29 is 9.53 Å². The van der Waals surface area contributed by atoms with Gasteiger partial charge in [0.25, 0.3) is 5.91 Å². The topological polar surface area (TPSA) is 51.2 Å². The van der Waals surface area contributed by atoms with Crippen molar-refractivity contribution in [2.75, 3.05) is 11.9 Å². The van der Waals surface area contributed by atoms with Gasteiger partial charge in [-0.3, -0.25) is 10.1 Å². The standard InChI is InChI=1S/C20H20N2O2S/c1-4-24-18-8-6-5-7-16(18)19(23)22-20-21-17(12-25-20)15-10-9-13(2)11-14(15)3/h5-12H,4H2,1-3H3,(H,21,22,23). The Labute approximate surface area is 151 Å². The summed E-state index contributed by atoms with van der Waals surface area (Å²) in [6.07, 6.45) is 0. The van der Waals surface area contributed by atoms with Crippen molar-refractivity contribution >= 4 is 22.4 Å². The van der Waals surface area contributed by atoms with E-state index in [4.69, 9.17) is 4.74 Å². The quantitative estimate of drug-likeness (QED) is 0.697. The number of amides is 1. The third kappa shape index (κ3) is 3.88. The molecule has 0 aliphatic rings. The summed E-state index contributed by atoms with van der Waals surface area (Å²) in [4.78, 5) is 17.1. The fourth-order valence-electron chi connectivity index (χ4n) is 2.66. The van der Waals surface area contributed by atoms with Crippen molar-refractivity contribution in [1.29, 1.82) is 0 Å². The number of hydrogen-bond acceptors (Lipinski definition) is 4. The van der Waals surface area contributed by atoms with E-state index in [2.05, 4.69) is 42.3 Å². The van der Waals surface area contributed by atoms with Crippen LogP contribution in [0, 0.1) is 13.8 Å². The number of benzene rings is 2. The van der Waals surface area contributed by atoms with Gasteiger partial charge in [-0.2, -0.15) is 0 Å². The normalized spacial score (nSPS) is 10.5. The Hall–Kier alpha value is -2.66. The van der Waals surface area contributed by atoms with Gasteiger partial charge in [-0.25, -0.2) is 4.98 Å². The van der Waals surface area contributed by atoms with Gasteiger partial charge in [-0.1, -0.05) is 35.9 Å². The molecule has 25 heavy (non-hydrogen) atoms. The van der Waals surface area contributed by atoms with Crippen LogP contribution in [0.15, 0.2) is 47.8 Å². The number of nitrogens with one attached hydrogen (secondary N) is 1. The lowest BCUT2D eigenvalue weighted by Gasteiger charge is -2.09. The Morgan fingerprint density at radius 1 is 1.20 bits per heavy atom. The summed E-state index contributed by atoms with van der Waals surface area (Å²) in [6.45, 7) is 6.54. The molecule has 0 unspecified atom stereocenters. The molecule has 2 aromatic carbocycles. The van der Waals surface area contributed by atoms with Crippen LogP contribution in [0.25, 0.3) is 11.3 Å². The number of nitrogens with zero attached hydrogens (tertiary/aromatic N) is 1. The molecular formula is C20H20N2O2S. The van der Waals surface area contributed by atoms with E-state index in [-0.39, 0.29) is 5.91 Å². The molecular weight excluding hydrogens is 332 g/mol. The van der Waals surface area contributed by atoms with Crippen molar-refractivity contribution in [2.45, 2.75) is 20.8 Å². The third-order valence-corrected chi connectivity index (χ3v) is 4.57. The molecule has 5 heteroatoms. The van der Waals surface area contributed by atoms with E-state index in [9.17, 15) is 4.79 Å². The second kappa shape index (κ2) is 7.49. The van der Waals surface area contributed by atoms with Crippen molar-refractivity contribution in [3.05, 3.63) is 64.5 Å². The Morgan fingerprint density at radius 2 is 2.00 bits per heavy atom. The van der Waals surface area contributed by atoms with Gasteiger partial charge >= 0.3 is 0 Å². The molecule has 3 rings (SSSR count). The predicted octanol–water partition coefficient (Wildman–Crippen LogP) is 5.08. The molecule has 1 heterocycles. The molecule has 0 fully saturated rings. The van der Waals surface area contributed by atoms with Gasteiger partial charge in [0.05, 0.1) is 17.9 Å². The maximum Gasteiger partial charge on any atom is 0.261 e. The first-order valence-corrected chi connectivity index (χ1v) is 9.02. The molecule has 1 amide bonds. The zero-order valence-corrected chi connectivity index (χ0v) is 15.3. The lowest BCUT2D eigenvalue weighted by molar-refractivity contribution is 0.102. The summed E-state index contributed by atoms with van der Waals surface area (Å²) in [5.41, 5.74) is 4.85. The molecule has 0 atom stereocenters. The zero-order valence-electron chi connectivity index (χ0n) is 14.5. The maximum atomic E-state index is 12.5. The van der Waals surface area contributed by atoms with Crippen LogP contribution in [0.4, 0.5) is 5.13 Å². The minimum Gasteiger partial charge on any atom is -0.493 e. The van der Waals surface area contributed by atoms with Crippen LogP contribution < -0.4 is 10.1 Å². The zero-order chi connectivity index (χ0) is 17.8. The first kappa shape index (κ1) is 17.2. The number of thiazole rings is 1. The van der Waals surface area contributed by atoms with Gasteiger partial charge in [-0.05, 0) is 38.5 Å². The van der Waals surface area contributed by atoms with Crippen LogP contribution in [0.3, 0.4) is 0 Å². The van der Waals surface area contributed by atoms with Crippen molar-refractivity contribution in [2.24, 2.45) is 0 Å². The first-order chi connectivity index (χ1) is 12.1. The minimum atomic E-state index is -0.217. The second-order valence-electron chi connectivity index (χ2n) is 5.74. The number of carbonyl (C=O) groups excluding carboxylic acids is 1. The highest BCUT2D eigenvalue weighted by molar-refractivity contribution is 7.14. The molecule has 3 aromatic rings. The highest BCUT2D eigenvalue weighted by Gasteiger charge is 2.14. The van der Waals surface area contributed by atoms with E-state index >= 15 is 0 Å². The van der Waals surface area contributed by atoms with Crippen LogP contribution in [-0.2, 0) is 0 Å². The molecule has 1 aromatic heterocycles. The molecule has 4 nitrogen and oxygen atoms in total. The highest BCUT2D eigenvalue weighted by Crippen LogP contribution is 2.28. The summed E-state index contributed by atoms with van der Waals surface area (Å²) in [6, 6.07) is 13.5. The third-order valence-electron chi connectivity index (χ3n) is 3.81. The SMILES string of the molecule is CCOc1ccccc1C(=O)Nc1nc(-c2ccc(C)cc2C)cs1. The average molecular weight is 352 g/mol. The Balaban J connectivity index is 1.81. The number of rotatable bonds is 5. The molecule has 128 valence electrons. The van der Waals surface area contributed by atoms with E-state index in [0.29, 0.717) is 23.1 Å². The summed E-state index contributed by atoms with van der Waals surface area (Å²) < 4.78 is 5.52. The molecule has 0 saturated carbocycles. The Bertz CT molecular complexity index is 902. The van der Waals surface area contributed by atoms with Crippen molar-refractivity contribution in [1.82, 2.24) is 4.98 Å². The number of carbonyl (C=O) groups is 1. The largest absolute Gasteiger partial charge is 0.493 e. The maximum absolute atomic E-state index is 12.5. The smallest absolute Gasteiger partial charge is 0.261 e. The average Bonchev–Trinajstić information content (AvgIpc) is 3.03. The van der Waals surface area contributed by atoms with E-state index in [0.717, 1.165) is 11.3 Å². The van der Waals surface area contributed by atoms with E-state index in [1.54, 1.807) is 12.1 Å². The summed E-state index contributed by atoms with van der Waals surface area (Å²) in [5.74, 6) is 0.360.